The third-order valence-electron chi connectivity index (χ3n) is 5.04. The number of hydrogen-bond acceptors (Lipinski definition) is 2. The minimum atomic E-state index is -0.183. The highest BCUT2D eigenvalue weighted by atomic mass is 32.1. The minimum absolute atomic E-state index is 0.183. The average Bonchev–Trinajstić information content (AvgIpc) is 3.14. The first-order valence-corrected chi connectivity index (χ1v) is 8.72. The number of piperidine rings is 1. The Morgan fingerprint density at radius 2 is 1.77 bits per heavy atom. The van der Waals surface area contributed by atoms with Crippen molar-refractivity contribution in [2.75, 3.05) is 0 Å². The molecule has 2 nitrogen and oxygen atoms in total. The zero-order valence-electron chi connectivity index (χ0n) is 12.2. The van der Waals surface area contributed by atoms with Crippen LogP contribution in [0.15, 0.2) is 41.8 Å². The van der Waals surface area contributed by atoms with Crippen molar-refractivity contribution in [3.63, 3.8) is 0 Å². The summed E-state index contributed by atoms with van der Waals surface area (Å²) in [4.78, 5) is 15.7. The van der Waals surface area contributed by atoms with Crippen LogP contribution in [0.25, 0.3) is 0 Å². The molecule has 1 unspecified atom stereocenters. The molecular formula is C18H18FNOS. The van der Waals surface area contributed by atoms with Gasteiger partial charge in [0.1, 0.15) is 5.82 Å². The van der Waals surface area contributed by atoms with E-state index in [4.69, 9.17) is 0 Å². The van der Waals surface area contributed by atoms with Crippen molar-refractivity contribution < 1.29 is 9.18 Å². The molecule has 2 fully saturated rings. The van der Waals surface area contributed by atoms with Gasteiger partial charge in [-0.25, -0.2) is 4.39 Å². The Morgan fingerprint density at radius 1 is 1.09 bits per heavy atom. The first-order chi connectivity index (χ1) is 10.7. The number of carbonyl (C=O) groups excluding carboxylic acids is 1. The van der Waals surface area contributed by atoms with E-state index in [1.54, 1.807) is 12.1 Å². The number of carbonyl (C=O) groups is 1. The fraction of sp³-hybridized carbons (Fsp3) is 0.389. The Balaban J connectivity index is 1.54. The molecule has 1 amide bonds. The summed E-state index contributed by atoms with van der Waals surface area (Å²) < 4.78 is 13.1. The average molecular weight is 315 g/mol. The molecule has 0 saturated carbocycles. The van der Waals surface area contributed by atoms with Gasteiger partial charge in [-0.1, -0.05) is 18.2 Å². The predicted octanol–water partition coefficient (Wildman–Crippen LogP) is 4.44. The molecule has 1 aromatic carbocycles. The fourth-order valence-corrected chi connectivity index (χ4v) is 4.71. The number of amides is 1. The first kappa shape index (κ1) is 13.9. The van der Waals surface area contributed by atoms with Crippen LogP contribution in [0.4, 0.5) is 4.39 Å². The molecular weight excluding hydrogens is 297 g/mol. The Morgan fingerprint density at radius 3 is 2.36 bits per heavy atom. The van der Waals surface area contributed by atoms with Gasteiger partial charge in [0.25, 0.3) is 5.91 Å². The van der Waals surface area contributed by atoms with Crippen molar-refractivity contribution in [1.82, 2.24) is 4.90 Å². The van der Waals surface area contributed by atoms with Crippen LogP contribution in [0.1, 0.15) is 46.8 Å². The molecule has 2 bridgehead atoms. The van der Waals surface area contributed by atoms with Crippen molar-refractivity contribution in [3.8, 4) is 0 Å². The summed E-state index contributed by atoms with van der Waals surface area (Å²) >= 11 is 1.52. The van der Waals surface area contributed by atoms with Gasteiger partial charge >= 0.3 is 0 Å². The Labute approximate surface area is 133 Å². The van der Waals surface area contributed by atoms with E-state index in [0.717, 1.165) is 30.6 Å². The highest BCUT2D eigenvalue weighted by Crippen LogP contribution is 2.43. The van der Waals surface area contributed by atoms with Crippen molar-refractivity contribution >= 4 is 17.2 Å². The molecule has 114 valence electrons. The summed E-state index contributed by atoms with van der Waals surface area (Å²) in [5, 5.41) is 1.96. The molecule has 1 aromatic heterocycles. The molecule has 3 heterocycles. The van der Waals surface area contributed by atoms with Crippen LogP contribution in [-0.4, -0.2) is 22.9 Å². The van der Waals surface area contributed by atoms with E-state index in [0.29, 0.717) is 18.0 Å². The lowest BCUT2D eigenvalue weighted by molar-refractivity contribution is 0.0576. The number of halogens is 1. The summed E-state index contributed by atoms with van der Waals surface area (Å²) in [6, 6.07) is 11.4. The molecule has 22 heavy (non-hydrogen) atoms. The van der Waals surface area contributed by atoms with Crippen molar-refractivity contribution in [3.05, 3.63) is 58.0 Å². The largest absolute Gasteiger partial charge is 0.332 e. The Hall–Kier alpha value is -1.68. The first-order valence-electron chi connectivity index (χ1n) is 7.84. The van der Waals surface area contributed by atoms with Gasteiger partial charge in [0.05, 0.1) is 4.88 Å². The molecule has 0 aliphatic carbocycles. The smallest absolute Gasteiger partial charge is 0.264 e. The third kappa shape index (κ3) is 2.35. The maximum atomic E-state index is 13.1. The SMILES string of the molecule is O=C(c1cccs1)N1[C@@H]2CC[C@H]1CC(c1ccc(F)cc1)C2. The van der Waals surface area contributed by atoms with Gasteiger partial charge in [-0.15, -0.1) is 11.3 Å². The van der Waals surface area contributed by atoms with Gasteiger partial charge in [-0.05, 0) is 60.7 Å². The highest BCUT2D eigenvalue weighted by Gasteiger charge is 2.43. The molecule has 2 aliphatic rings. The molecule has 2 saturated heterocycles. The van der Waals surface area contributed by atoms with E-state index in [-0.39, 0.29) is 11.7 Å². The summed E-state index contributed by atoms with van der Waals surface area (Å²) in [5.74, 6) is 0.461. The number of hydrogen-bond donors (Lipinski definition) is 0. The number of fused-ring (bicyclic) bond motifs is 2. The second-order valence-corrected chi connectivity index (χ2v) is 7.24. The Kier molecular flexibility index (Phi) is 3.49. The van der Waals surface area contributed by atoms with Crippen LogP contribution in [0, 0.1) is 5.82 Å². The molecule has 0 spiro atoms. The van der Waals surface area contributed by atoms with Gasteiger partial charge in [0, 0.05) is 12.1 Å². The fourth-order valence-electron chi connectivity index (χ4n) is 4.04. The highest BCUT2D eigenvalue weighted by molar-refractivity contribution is 7.12. The lowest BCUT2D eigenvalue weighted by Gasteiger charge is -2.39. The second kappa shape index (κ2) is 5.51. The quantitative estimate of drug-likeness (QED) is 0.802. The second-order valence-electron chi connectivity index (χ2n) is 6.29. The number of thiophene rings is 1. The maximum Gasteiger partial charge on any atom is 0.264 e. The normalized spacial score (nSPS) is 27.1. The molecule has 2 aliphatic heterocycles. The molecule has 3 atom stereocenters. The predicted molar refractivity (Wildman–Crippen MR) is 85.7 cm³/mol. The standard InChI is InChI=1S/C18H18FNOS/c19-14-5-3-12(4-6-14)13-10-15-7-8-16(11-13)20(15)18(21)17-2-1-9-22-17/h1-6,9,13,15-16H,7-8,10-11H2/t13?,15-,16+. The molecule has 0 N–H and O–H groups in total. The van der Waals surface area contributed by atoms with Crippen LogP contribution < -0.4 is 0 Å². The maximum absolute atomic E-state index is 13.1. The van der Waals surface area contributed by atoms with Crippen molar-refractivity contribution in [1.29, 1.82) is 0 Å². The third-order valence-corrected chi connectivity index (χ3v) is 5.90. The van der Waals surface area contributed by atoms with Gasteiger partial charge in [0.15, 0.2) is 0 Å². The minimum Gasteiger partial charge on any atom is -0.332 e. The van der Waals surface area contributed by atoms with Gasteiger partial charge in [-0.2, -0.15) is 0 Å². The van der Waals surface area contributed by atoms with Crippen LogP contribution >= 0.6 is 11.3 Å². The molecule has 4 rings (SSSR count). The zero-order chi connectivity index (χ0) is 15.1. The summed E-state index contributed by atoms with van der Waals surface area (Å²) in [5.41, 5.74) is 1.21. The summed E-state index contributed by atoms with van der Waals surface area (Å²) in [7, 11) is 0. The van der Waals surface area contributed by atoms with Gasteiger partial charge in [-0.3, -0.25) is 4.79 Å². The number of benzene rings is 1. The van der Waals surface area contributed by atoms with E-state index < -0.39 is 0 Å². The molecule has 4 heteroatoms. The lowest BCUT2D eigenvalue weighted by atomic mass is 9.85. The van der Waals surface area contributed by atoms with Crippen molar-refractivity contribution in [2.24, 2.45) is 0 Å². The molecule has 0 radical (unpaired) electrons. The van der Waals surface area contributed by atoms with Crippen LogP contribution in [-0.2, 0) is 0 Å². The van der Waals surface area contributed by atoms with Crippen LogP contribution in [0.3, 0.4) is 0 Å². The van der Waals surface area contributed by atoms with E-state index >= 15 is 0 Å². The number of rotatable bonds is 2. The van der Waals surface area contributed by atoms with Gasteiger partial charge < -0.3 is 4.90 Å². The topological polar surface area (TPSA) is 20.3 Å². The number of nitrogens with zero attached hydrogens (tertiary/aromatic N) is 1. The van der Waals surface area contributed by atoms with E-state index in [9.17, 15) is 9.18 Å². The van der Waals surface area contributed by atoms with Crippen LogP contribution in [0.5, 0.6) is 0 Å². The van der Waals surface area contributed by atoms with E-state index in [2.05, 4.69) is 4.90 Å². The van der Waals surface area contributed by atoms with Crippen LogP contribution in [0.2, 0.25) is 0 Å². The summed E-state index contributed by atoms with van der Waals surface area (Å²) in [6.07, 6.45) is 4.19. The van der Waals surface area contributed by atoms with Gasteiger partial charge in [0.2, 0.25) is 0 Å². The van der Waals surface area contributed by atoms with Crippen molar-refractivity contribution in [2.45, 2.75) is 43.7 Å². The van der Waals surface area contributed by atoms with E-state index in [1.165, 1.54) is 16.9 Å². The van der Waals surface area contributed by atoms with E-state index in [1.807, 2.05) is 29.6 Å². The Bertz CT molecular complexity index is 653. The summed E-state index contributed by atoms with van der Waals surface area (Å²) in [6.45, 7) is 0. The molecule has 2 aromatic rings. The zero-order valence-corrected chi connectivity index (χ0v) is 13.1. The monoisotopic (exact) mass is 315 g/mol. The lowest BCUT2D eigenvalue weighted by Crippen LogP contribution is -2.45.